The SMILES string of the molecule is OC/C=C/n1cnc(-c2cc(C(F)(F)F)cc(C(F)(F)F)c2)n1. The highest BCUT2D eigenvalue weighted by atomic mass is 19.4. The number of rotatable bonds is 3. The van der Waals surface area contributed by atoms with Gasteiger partial charge in [-0.2, -0.15) is 26.3 Å². The van der Waals surface area contributed by atoms with Gasteiger partial charge >= 0.3 is 12.4 Å². The minimum Gasteiger partial charge on any atom is -0.392 e. The molecule has 0 spiro atoms. The third-order valence-electron chi connectivity index (χ3n) is 2.72. The zero-order valence-corrected chi connectivity index (χ0v) is 11.2. The van der Waals surface area contributed by atoms with Crippen LogP contribution in [0, 0.1) is 0 Å². The summed E-state index contributed by atoms with van der Waals surface area (Å²) in [5.41, 5.74) is -3.29. The molecule has 0 aliphatic heterocycles. The van der Waals surface area contributed by atoms with Crippen LogP contribution in [0.4, 0.5) is 26.3 Å². The van der Waals surface area contributed by atoms with E-state index in [1.165, 1.54) is 12.3 Å². The van der Waals surface area contributed by atoms with Gasteiger partial charge in [-0.1, -0.05) is 0 Å². The predicted octanol–water partition coefficient (Wildman–Crippen LogP) is 3.45. The summed E-state index contributed by atoms with van der Waals surface area (Å²) < 4.78 is 77.7. The van der Waals surface area contributed by atoms with E-state index >= 15 is 0 Å². The number of aromatic nitrogens is 3. The van der Waals surface area contributed by atoms with E-state index in [-0.39, 0.29) is 18.5 Å². The maximum atomic E-state index is 12.8. The van der Waals surface area contributed by atoms with Gasteiger partial charge in [-0.15, -0.1) is 5.10 Å². The number of halogens is 6. The standard InChI is InChI=1S/C13H9F6N3O/c14-12(15,16)9-4-8(5-10(6-9)13(17,18)19)11-20-7-22(21-11)2-1-3-23/h1-2,4-7,23H,3H2/b2-1+. The van der Waals surface area contributed by atoms with Crippen LogP contribution in [0.1, 0.15) is 11.1 Å². The Kier molecular flexibility index (Phi) is 4.46. The van der Waals surface area contributed by atoms with E-state index in [4.69, 9.17) is 5.11 Å². The molecule has 0 saturated carbocycles. The summed E-state index contributed by atoms with van der Waals surface area (Å²) in [5.74, 6) is -0.302. The lowest BCUT2D eigenvalue weighted by Gasteiger charge is -2.13. The summed E-state index contributed by atoms with van der Waals surface area (Å²) in [7, 11) is 0. The number of hydrogen-bond donors (Lipinski definition) is 1. The van der Waals surface area contributed by atoms with Gasteiger partial charge in [0.25, 0.3) is 0 Å². The first kappa shape index (κ1) is 17.0. The predicted molar refractivity (Wildman–Crippen MR) is 67.9 cm³/mol. The van der Waals surface area contributed by atoms with Crippen LogP contribution >= 0.6 is 0 Å². The summed E-state index contributed by atoms with van der Waals surface area (Å²) in [4.78, 5) is 3.67. The Morgan fingerprint density at radius 2 is 1.57 bits per heavy atom. The van der Waals surface area contributed by atoms with Gasteiger partial charge in [-0.05, 0) is 24.3 Å². The number of nitrogens with zero attached hydrogens (tertiary/aromatic N) is 3. The second kappa shape index (κ2) is 6.03. The van der Waals surface area contributed by atoms with E-state index in [9.17, 15) is 26.3 Å². The van der Waals surface area contributed by atoms with Gasteiger partial charge < -0.3 is 5.11 Å². The number of aliphatic hydroxyl groups excluding tert-OH is 1. The van der Waals surface area contributed by atoms with Crippen molar-refractivity contribution in [2.75, 3.05) is 6.61 Å². The van der Waals surface area contributed by atoms with Crippen LogP contribution in [-0.4, -0.2) is 26.5 Å². The Hall–Kier alpha value is -2.36. The fourth-order valence-corrected chi connectivity index (χ4v) is 1.72. The lowest BCUT2D eigenvalue weighted by atomic mass is 10.0. The Morgan fingerprint density at radius 1 is 1.00 bits per heavy atom. The molecule has 1 heterocycles. The lowest BCUT2D eigenvalue weighted by molar-refractivity contribution is -0.143. The van der Waals surface area contributed by atoms with Gasteiger partial charge in [0.1, 0.15) is 6.33 Å². The van der Waals surface area contributed by atoms with E-state index in [1.54, 1.807) is 0 Å². The summed E-state index contributed by atoms with van der Waals surface area (Å²) in [6, 6.07) is 1.13. The molecule has 0 bridgehead atoms. The zero-order chi connectivity index (χ0) is 17.3. The first-order valence-corrected chi connectivity index (χ1v) is 6.10. The van der Waals surface area contributed by atoms with Crippen LogP contribution in [-0.2, 0) is 12.4 Å². The van der Waals surface area contributed by atoms with E-state index < -0.39 is 29.0 Å². The second-order valence-corrected chi connectivity index (χ2v) is 4.41. The van der Waals surface area contributed by atoms with Gasteiger partial charge in [-0.3, -0.25) is 0 Å². The second-order valence-electron chi connectivity index (χ2n) is 4.41. The third kappa shape index (κ3) is 4.09. The van der Waals surface area contributed by atoms with E-state index in [0.29, 0.717) is 12.1 Å². The molecule has 124 valence electrons. The lowest BCUT2D eigenvalue weighted by Crippen LogP contribution is -2.11. The maximum absolute atomic E-state index is 12.8. The molecule has 1 N–H and O–H groups in total. The largest absolute Gasteiger partial charge is 0.416 e. The molecular formula is C13H9F6N3O. The van der Waals surface area contributed by atoms with E-state index in [1.807, 2.05) is 0 Å². The van der Waals surface area contributed by atoms with Crippen molar-refractivity contribution in [2.45, 2.75) is 12.4 Å². The summed E-state index contributed by atoms with van der Waals surface area (Å²) in [6.45, 7) is -0.309. The van der Waals surface area contributed by atoms with Crippen LogP contribution in [0.5, 0.6) is 0 Å². The molecule has 2 aromatic rings. The average Bonchev–Trinajstić information content (AvgIpc) is 2.91. The highest BCUT2D eigenvalue weighted by Crippen LogP contribution is 2.37. The van der Waals surface area contributed by atoms with Crippen molar-refractivity contribution in [3.05, 3.63) is 41.7 Å². The molecule has 0 aliphatic rings. The Morgan fingerprint density at radius 3 is 2.04 bits per heavy atom. The van der Waals surface area contributed by atoms with Crippen molar-refractivity contribution >= 4 is 6.20 Å². The minimum absolute atomic E-state index is 0.0339. The quantitative estimate of drug-likeness (QED) is 0.873. The topological polar surface area (TPSA) is 50.9 Å². The van der Waals surface area contributed by atoms with E-state index in [0.717, 1.165) is 11.0 Å². The molecule has 10 heteroatoms. The molecule has 0 saturated heterocycles. The molecule has 1 aromatic heterocycles. The summed E-state index contributed by atoms with van der Waals surface area (Å²) >= 11 is 0. The van der Waals surface area contributed by atoms with E-state index in [2.05, 4.69) is 10.1 Å². The van der Waals surface area contributed by atoms with Crippen molar-refractivity contribution in [3.8, 4) is 11.4 Å². The van der Waals surface area contributed by atoms with Gasteiger partial charge in [0.2, 0.25) is 0 Å². The third-order valence-corrected chi connectivity index (χ3v) is 2.72. The van der Waals surface area contributed by atoms with Gasteiger partial charge in [0.15, 0.2) is 5.82 Å². The summed E-state index contributed by atoms with van der Waals surface area (Å²) in [6.07, 6.45) is -6.25. The first-order valence-electron chi connectivity index (χ1n) is 6.10. The molecule has 0 amide bonds. The first-order chi connectivity index (χ1) is 10.6. The Balaban J connectivity index is 2.53. The van der Waals surface area contributed by atoms with Crippen molar-refractivity contribution in [1.82, 2.24) is 14.8 Å². The van der Waals surface area contributed by atoms with Crippen LogP contribution in [0.3, 0.4) is 0 Å². The van der Waals surface area contributed by atoms with Crippen molar-refractivity contribution < 1.29 is 31.4 Å². The molecule has 4 nitrogen and oxygen atoms in total. The maximum Gasteiger partial charge on any atom is 0.416 e. The number of benzene rings is 1. The van der Waals surface area contributed by atoms with Crippen LogP contribution in [0.15, 0.2) is 30.6 Å². The molecule has 23 heavy (non-hydrogen) atoms. The molecule has 0 unspecified atom stereocenters. The molecular weight excluding hydrogens is 328 g/mol. The Bertz CT molecular complexity index is 685. The molecule has 0 fully saturated rings. The van der Waals surface area contributed by atoms with Crippen molar-refractivity contribution in [3.63, 3.8) is 0 Å². The monoisotopic (exact) mass is 337 g/mol. The molecule has 0 atom stereocenters. The number of aliphatic hydroxyl groups is 1. The summed E-state index contributed by atoms with van der Waals surface area (Å²) in [5, 5.41) is 12.3. The van der Waals surface area contributed by atoms with Crippen molar-refractivity contribution in [1.29, 1.82) is 0 Å². The highest BCUT2D eigenvalue weighted by molar-refractivity contribution is 5.58. The van der Waals surface area contributed by atoms with Crippen LogP contribution in [0.25, 0.3) is 17.6 Å². The molecule has 2 rings (SSSR count). The smallest absolute Gasteiger partial charge is 0.392 e. The molecule has 0 radical (unpaired) electrons. The van der Waals surface area contributed by atoms with Crippen LogP contribution < -0.4 is 0 Å². The number of hydrogen-bond acceptors (Lipinski definition) is 3. The zero-order valence-electron chi connectivity index (χ0n) is 11.2. The fraction of sp³-hybridized carbons (Fsp3) is 0.231. The van der Waals surface area contributed by atoms with Gasteiger partial charge in [0, 0.05) is 11.8 Å². The van der Waals surface area contributed by atoms with Crippen molar-refractivity contribution in [2.24, 2.45) is 0 Å². The molecule has 1 aromatic carbocycles. The highest BCUT2D eigenvalue weighted by Gasteiger charge is 2.37. The minimum atomic E-state index is -4.94. The normalized spacial score (nSPS) is 13.0. The fourth-order valence-electron chi connectivity index (χ4n) is 1.72. The van der Waals surface area contributed by atoms with Crippen LogP contribution in [0.2, 0.25) is 0 Å². The van der Waals surface area contributed by atoms with Gasteiger partial charge in [0.05, 0.1) is 17.7 Å². The molecule has 0 aliphatic carbocycles. The average molecular weight is 337 g/mol. The Labute approximate surface area is 125 Å². The number of alkyl halides is 6. The van der Waals surface area contributed by atoms with Gasteiger partial charge in [-0.25, -0.2) is 9.67 Å².